The van der Waals surface area contributed by atoms with Crippen LogP contribution in [0.15, 0.2) is 103 Å². The fourth-order valence-corrected chi connectivity index (χ4v) is 5.85. The van der Waals surface area contributed by atoms with Crippen LogP contribution in [0, 0.1) is 0 Å². The van der Waals surface area contributed by atoms with Crippen molar-refractivity contribution in [3.05, 3.63) is 119 Å². The van der Waals surface area contributed by atoms with E-state index in [9.17, 15) is 19.2 Å². The molecule has 1 unspecified atom stereocenters. The molecule has 2 fully saturated rings. The maximum Gasteiger partial charge on any atom is 0.338 e. The number of esters is 1. The SMILES string of the molecule is O=C(COC(=O)c1ccc(N2C(=O)CC(N3CCN(c4cccc(Cl)c4)CC3)C2=O)cc1)c1ccc(-c2ccccc2)cc1. The van der Waals surface area contributed by atoms with Crippen LogP contribution in [0.2, 0.25) is 5.02 Å². The first-order chi connectivity index (χ1) is 21.4. The van der Waals surface area contributed by atoms with Gasteiger partial charge in [-0.1, -0.05) is 72.3 Å². The molecule has 222 valence electrons. The quantitative estimate of drug-likeness (QED) is 0.148. The highest BCUT2D eigenvalue weighted by Gasteiger charge is 2.43. The monoisotopic (exact) mass is 607 g/mol. The van der Waals surface area contributed by atoms with Crippen molar-refractivity contribution in [2.24, 2.45) is 0 Å². The Morgan fingerprint density at radius 2 is 1.39 bits per heavy atom. The Morgan fingerprint density at radius 3 is 2.07 bits per heavy atom. The zero-order valence-corrected chi connectivity index (χ0v) is 24.7. The van der Waals surface area contributed by atoms with Crippen LogP contribution in [0.5, 0.6) is 0 Å². The second kappa shape index (κ2) is 12.8. The summed E-state index contributed by atoms with van der Waals surface area (Å²) in [5.41, 5.74) is 4.12. The standard InChI is InChI=1S/C35H30ClN3O5/c36-28-7-4-8-30(21-28)37-17-19-38(20-18-37)31-22-33(41)39(34(31)42)29-15-13-27(14-16-29)35(43)44-23-32(40)26-11-9-25(10-12-26)24-5-2-1-3-6-24/h1-16,21,31H,17-20,22-23H2. The van der Waals surface area contributed by atoms with Crippen LogP contribution in [0.3, 0.4) is 0 Å². The van der Waals surface area contributed by atoms with Crippen molar-refractivity contribution in [3.8, 4) is 11.1 Å². The second-order valence-electron chi connectivity index (χ2n) is 10.8. The van der Waals surface area contributed by atoms with Gasteiger partial charge in [-0.2, -0.15) is 0 Å². The third kappa shape index (κ3) is 6.27. The summed E-state index contributed by atoms with van der Waals surface area (Å²) < 4.78 is 5.26. The summed E-state index contributed by atoms with van der Waals surface area (Å²) in [6, 6.07) is 30.2. The molecule has 4 aromatic rings. The minimum atomic E-state index is -0.666. The van der Waals surface area contributed by atoms with Gasteiger partial charge in [0.05, 0.1) is 23.7 Å². The predicted octanol–water partition coefficient (Wildman–Crippen LogP) is 5.50. The van der Waals surface area contributed by atoms with E-state index in [1.165, 1.54) is 17.0 Å². The topological polar surface area (TPSA) is 87.2 Å². The van der Waals surface area contributed by atoms with Crippen molar-refractivity contribution >= 4 is 46.5 Å². The van der Waals surface area contributed by atoms with Crippen LogP contribution in [-0.2, 0) is 14.3 Å². The fourth-order valence-electron chi connectivity index (χ4n) is 5.66. The lowest BCUT2D eigenvalue weighted by atomic mass is 10.0. The Morgan fingerprint density at radius 1 is 0.727 bits per heavy atom. The molecule has 0 aliphatic carbocycles. The van der Waals surface area contributed by atoms with E-state index in [0.717, 1.165) is 29.9 Å². The molecular weight excluding hydrogens is 578 g/mol. The van der Waals surface area contributed by atoms with Crippen LogP contribution < -0.4 is 9.80 Å². The van der Waals surface area contributed by atoms with Gasteiger partial charge in [0.2, 0.25) is 5.91 Å². The Hall–Kier alpha value is -4.79. The first kappa shape index (κ1) is 29.3. The fraction of sp³-hybridized carbons (Fsp3) is 0.200. The highest BCUT2D eigenvalue weighted by molar-refractivity contribution is 6.30. The number of halogens is 1. The van der Waals surface area contributed by atoms with Gasteiger partial charge in [-0.15, -0.1) is 0 Å². The van der Waals surface area contributed by atoms with Crippen molar-refractivity contribution < 1.29 is 23.9 Å². The smallest absolute Gasteiger partial charge is 0.338 e. The van der Waals surface area contributed by atoms with E-state index in [1.807, 2.05) is 66.7 Å². The minimum Gasteiger partial charge on any atom is -0.454 e. The van der Waals surface area contributed by atoms with E-state index in [-0.39, 0.29) is 29.6 Å². The van der Waals surface area contributed by atoms with E-state index in [1.54, 1.807) is 24.3 Å². The van der Waals surface area contributed by atoms with Crippen LogP contribution in [0.4, 0.5) is 11.4 Å². The number of hydrogen-bond acceptors (Lipinski definition) is 7. The van der Waals surface area contributed by atoms with E-state index in [2.05, 4.69) is 9.80 Å². The van der Waals surface area contributed by atoms with Gasteiger partial charge in [0.25, 0.3) is 5.91 Å². The maximum atomic E-state index is 13.3. The van der Waals surface area contributed by atoms with Gasteiger partial charge < -0.3 is 9.64 Å². The third-order valence-electron chi connectivity index (χ3n) is 8.06. The average molecular weight is 608 g/mol. The first-order valence-electron chi connectivity index (χ1n) is 14.4. The van der Waals surface area contributed by atoms with Gasteiger partial charge in [-0.05, 0) is 53.6 Å². The van der Waals surface area contributed by atoms with Gasteiger partial charge in [0.1, 0.15) is 0 Å². The molecule has 1 atom stereocenters. The van der Waals surface area contributed by atoms with Gasteiger partial charge >= 0.3 is 5.97 Å². The summed E-state index contributed by atoms with van der Waals surface area (Å²) in [6.45, 7) is 2.32. The molecule has 4 aromatic carbocycles. The number of rotatable bonds is 8. The molecule has 2 aliphatic heterocycles. The summed E-state index contributed by atoms with van der Waals surface area (Å²) in [7, 11) is 0. The van der Waals surface area contributed by atoms with Crippen LogP contribution in [0.25, 0.3) is 11.1 Å². The van der Waals surface area contributed by atoms with Crippen molar-refractivity contribution in [3.63, 3.8) is 0 Å². The number of piperazine rings is 1. The molecule has 0 saturated carbocycles. The first-order valence-corrected chi connectivity index (χ1v) is 14.8. The number of ketones is 1. The number of carbonyl (C=O) groups is 4. The Labute approximate surface area is 260 Å². The van der Waals surface area contributed by atoms with Gasteiger partial charge in [0.15, 0.2) is 12.4 Å². The van der Waals surface area contributed by atoms with E-state index in [4.69, 9.17) is 16.3 Å². The van der Waals surface area contributed by atoms with Crippen molar-refractivity contribution in [1.82, 2.24) is 4.90 Å². The number of imide groups is 1. The molecule has 0 spiro atoms. The third-order valence-corrected chi connectivity index (χ3v) is 8.30. The molecule has 2 heterocycles. The molecule has 2 amide bonds. The molecule has 2 aliphatic rings. The number of hydrogen-bond donors (Lipinski definition) is 0. The number of carbonyl (C=O) groups excluding carboxylic acids is 4. The predicted molar refractivity (Wildman–Crippen MR) is 169 cm³/mol. The lowest BCUT2D eigenvalue weighted by Crippen LogP contribution is -2.52. The average Bonchev–Trinajstić information content (AvgIpc) is 3.37. The Bertz CT molecular complexity index is 1680. The second-order valence-corrected chi connectivity index (χ2v) is 11.2. The summed E-state index contributed by atoms with van der Waals surface area (Å²) in [5.74, 6) is -1.54. The van der Waals surface area contributed by atoms with E-state index in [0.29, 0.717) is 29.4 Å². The molecule has 0 N–H and O–H groups in total. The summed E-state index contributed by atoms with van der Waals surface area (Å²) in [4.78, 5) is 57.0. The minimum absolute atomic E-state index is 0.105. The lowest BCUT2D eigenvalue weighted by Gasteiger charge is -2.38. The largest absolute Gasteiger partial charge is 0.454 e. The highest BCUT2D eigenvalue weighted by Crippen LogP contribution is 2.28. The number of benzene rings is 4. The molecule has 6 rings (SSSR count). The van der Waals surface area contributed by atoms with E-state index < -0.39 is 18.6 Å². The number of ether oxygens (including phenoxy) is 1. The molecule has 44 heavy (non-hydrogen) atoms. The highest BCUT2D eigenvalue weighted by atomic mass is 35.5. The van der Waals surface area contributed by atoms with Crippen LogP contribution >= 0.6 is 11.6 Å². The van der Waals surface area contributed by atoms with Gasteiger partial charge in [0, 0.05) is 42.5 Å². The zero-order chi connectivity index (χ0) is 30.6. The number of anilines is 2. The Kier molecular flexibility index (Phi) is 8.54. The van der Waals surface area contributed by atoms with Crippen LogP contribution in [-0.4, -0.2) is 67.3 Å². The zero-order valence-electron chi connectivity index (χ0n) is 23.9. The molecule has 8 nitrogen and oxygen atoms in total. The van der Waals surface area contributed by atoms with Crippen molar-refractivity contribution in [1.29, 1.82) is 0 Å². The van der Waals surface area contributed by atoms with E-state index >= 15 is 0 Å². The molecule has 9 heteroatoms. The van der Waals surface area contributed by atoms with Crippen LogP contribution in [0.1, 0.15) is 27.1 Å². The lowest BCUT2D eigenvalue weighted by molar-refractivity contribution is -0.123. The number of nitrogens with zero attached hydrogens (tertiary/aromatic N) is 3. The summed E-state index contributed by atoms with van der Waals surface area (Å²) >= 11 is 6.14. The van der Waals surface area contributed by atoms with Crippen molar-refractivity contribution in [2.45, 2.75) is 12.5 Å². The molecule has 0 aromatic heterocycles. The normalized spacial score (nSPS) is 17.2. The maximum absolute atomic E-state index is 13.3. The number of amides is 2. The molecule has 0 bridgehead atoms. The molecular formula is C35H30ClN3O5. The Balaban J connectivity index is 1.02. The van der Waals surface area contributed by atoms with Gasteiger partial charge in [-0.25, -0.2) is 9.69 Å². The van der Waals surface area contributed by atoms with Crippen molar-refractivity contribution in [2.75, 3.05) is 42.6 Å². The van der Waals surface area contributed by atoms with Gasteiger partial charge in [-0.3, -0.25) is 19.3 Å². The molecule has 2 saturated heterocycles. The summed E-state index contributed by atoms with van der Waals surface area (Å²) in [6.07, 6.45) is 0.105. The number of Topliss-reactive ketones (excluding diaryl/α,β-unsaturated/α-hetero) is 1. The summed E-state index contributed by atoms with van der Waals surface area (Å²) in [5, 5.41) is 0.676. The molecule has 0 radical (unpaired) electrons.